The van der Waals surface area contributed by atoms with Crippen LogP contribution in [0.1, 0.15) is 34.1 Å². The van der Waals surface area contributed by atoms with E-state index in [-0.39, 0.29) is 17.5 Å². The molecule has 144 valence electrons. The molecule has 6 aliphatic rings. The summed E-state index contributed by atoms with van der Waals surface area (Å²) in [5, 5.41) is 31.9. The Morgan fingerprint density at radius 1 is 1.14 bits per heavy atom. The molecule has 9 heteroatoms. The molecule has 2 spiro atoms. The molecule has 9 nitrogen and oxygen atoms in total. The number of phenols is 1. The SMILES string of the molecule is CC12CC34C=CC5(OO3)C(=O)c3c(O)cccc3C(=O)C5=C(O4)C(O)(O)C1O2. The number of Topliss-reactive ketones (excluding diaryl/α,β-unsaturated/α-hetero) is 2. The van der Waals surface area contributed by atoms with Crippen LogP contribution in [-0.2, 0) is 19.2 Å². The van der Waals surface area contributed by atoms with Crippen molar-refractivity contribution < 1.29 is 44.2 Å². The van der Waals surface area contributed by atoms with Crippen LogP contribution in [0.15, 0.2) is 41.7 Å². The lowest BCUT2D eigenvalue weighted by Crippen LogP contribution is -2.53. The molecule has 28 heavy (non-hydrogen) atoms. The molecule has 7 rings (SSSR count). The van der Waals surface area contributed by atoms with Crippen molar-refractivity contribution in [2.45, 2.75) is 42.2 Å². The number of ketones is 2. The maximum Gasteiger partial charge on any atom is 0.262 e. The van der Waals surface area contributed by atoms with Gasteiger partial charge in [0, 0.05) is 5.56 Å². The summed E-state index contributed by atoms with van der Waals surface area (Å²) in [6.45, 7) is 1.65. The van der Waals surface area contributed by atoms with Crippen LogP contribution in [0.5, 0.6) is 5.75 Å². The molecule has 0 radical (unpaired) electrons. The highest BCUT2D eigenvalue weighted by atomic mass is 17.2. The first-order valence-electron chi connectivity index (χ1n) is 8.69. The van der Waals surface area contributed by atoms with Crippen molar-refractivity contribution in [2.75, 3.05) is 0 Å². The fourth-order valence-electron chi connectivity index (χ4n) is 4.66. The number of rotatable bonds is 0. The topological polar surface area (TPSA) is 135 Å². The predicted molar refractivity (Wildman–Crippen MR) is 86.7 cm³/mol. The fraction of sp³-hybridized carbons (Fsp3) is 0.368. The second-order valence-electron chi connectivity index (χ2n) is 7.93. The van der Waals surface area contributed by atoms with Crippen LogP contribution in [0.4, 0.5) is 0 Å². The Morgan fingerprint density at radius 2 is 1.93 bits per heavy atom. The zero-order valence-corrected chi connectivity index (χ0v) is 14.5. The molecule has 5 heterocycles. The summed E-state index contributed by atoms with van der Waals surface area (Å²) in [5.74, 6) is -6.76. The van der Waals surface area contributed by atoms with Gasteiger partial charge >= 0.3 is 0 Å². The van der Waals surface area contributed by atoms with Gasteiger partial charge in [0.2, 0.25) is 11.4 Å². The number of hydrogen-bond donors (Lipinski definition) is 3. The van der Waals surface area contributed by atoms with Crippen LogP contribution >= 0.6 is 0 Å². The second kappa shape index (κ2) is 4.37. The summed E-state index contributed by atoms with van der Waals surface area (Å²) in [4.78, 5) is 37.5. The third-order valence-corrected chi connectivity index (χ3v) is 6.02. The summed E-state index contributed by atoms with van der Waals surface area (Å²) in [5.41, 5.74) is -3.84. The molecule has 1 aromatic rings. The van der Waals surface area contributed by atoms with Crippen molar-refractivity contribution in [3.8, 4) is 5.75 Å². The lowest BCUT2D eigenvalue weighted by molar-refractivity contribution is -0.429. The van der Waals surface area contributed by atoms with E-state index in [0.29, 0.717) is 0 Å². The zero-order valence-electron chi connectivity index (χ0n) is 14.5. The van der Waals surface area contributed by atoms with Gasteiger partial charge in [-0.1, -0.05) is 12.1 Å². The summed E-state index contributed by atoms with van der Waals surface area (Å²) in [6, 6.07) is 4.04. The normalized spacial score (nSPS) is 41.5. The Bertz CT molecular complexity index is 1070. The van der Waals surface area contributed by atoms with Crippen LogP contribution in [0, 0.1) is 0 Å². The van der Waals surface area contributed by atoms with E-state index in [9.17, 15) is 24.9 Å². The Kier molecular flexibility index (Phi) is 2.56. The molecule has 5 aliphatic heterocycles. The summed E-state index contributed by atoms with van der Waals surface area (Å²) in [6.07, 6.45) is 1.67. The first kappa shape index (κ1) is 16.4. The lowest BCUT2D eigenvalue weighted by atomic mass is 9.72. The second-order valence-corrected chi connectivity index (χ2v) is 7.93. The minimum atomic E-state index is -2.69. The van der Waals surface area contributed by atoms with Crippen molar-refractivity contribution in [1.29, 1.82) is 0 Å². The van der Waals surface area contributed by atoms with Gasteiger partial charge in [0.05, 0.1) is 17.6 Å². The smallest absolute Gasteiger partial charge is 0.262 e. The van der Waals surface area contributed by atoms with Gasteiger partial charge in [0.15, 0.2) is 11.5 Å². The van der Waals surface area contributed by atoms with E-state index >= 15 is 0 Å². The van der Waals surface area contributed by atoms with Gasteiger partial charge in [-0.05, 0) is 25.1 Å². The average molecular weight is 386 g/mol. The molecule has 0 saturated carbocycles. The van der Waals surface area contributed by atoms with Gasteiger partial charge in [-0.25, -0.2) is 4.89 Å². The van der Waals surface area contributed by atoms with E-state index in [1.807, 2.05) is 0 Å². The van der Waals surface area contributed by atoms with Crippen LogP contribution in [-0.4, -0.2) is 55.8 Å². The number of carbonyl (C=O) groups is 2. The molecule has 4 atom stereocenters. The van der Waals surface area contributed by atoms with Gasteiger partial charge in [0.25, 0.3) is 11.6 Å². The molecule has 2 fully saturated rings. The fourth-order valence-corrected chi connectivity index (χ4v) is 4.66. The highest BCUT2D eigenvalue weighted by Gasteiger charge is 2.75. The van der Waals surface area contributed by atoms with E-state index in [1.54, 1.807) is 6.92 Å². The van der Waals surface area contributed by atoms with Crippen LogP contribution < -0.4 is 0 Å². The molecular weight excluding hydrogens is 372 g/mol. The number of epoxide rings is 1. The maximum atomic E-state index is 13.3. The van der Waals surface area contributed by atoms with Crippen LogP contribution in [0.3, 0.4) is 0 Å². The van der Waals surface area contributed by atoms with Crippen molar-refractivity contribution in [1.82, 2.24) is 0 Å². The Hall–Kier alpha value is -2.56. The van der Waals surface area contributed by atoms with Crippen molar-refractivity contribution in [2.24, 2.45) is 0 Å². The first-order valence-corrected chi connectivity index (χ1v) is 8.69. The Morgan fingerprint density at radius 3 is 2.64 bits per heavy atom. The highest BCUT2D eigenvalue weighted by Crippen LogP contribution is 2.59. The summed E-state index contributed by atoms with van der Waals surface area (Å²) < 4.78 is 11.3. The number of phenolic OH excluding ortho intramolecular Hbond substituents is 1. The highest BCUT2D eigenvalue weighted by molar-refractivity contribution is 6.28. The van der Waals surface area contributed by atoms with Crippen LogP contribution in [0.2, 0.25) is 0 Å². The van der Waals surface area contributed by atoms with Gasteiger partial charge in [-0.2, -0.15) is 4.89 Å². The number of aliphatic hydroxyl groups is 2. The van der Waals surface area contributed by atoms with E-state index in [4.69, 9.17) is 19.2 Å². The van der Waals surface area contributed by atoms with Gasteiger partial charge < -0.3 is 24.8 Å². The lowest BCUT2D eigenvalue weighted by Gasteiger charge is -2.37. The van der Waals surface area contributed by atoms with Gasteiger partial charge in [-0.15, -0.1) is 0 Å². The predicted octanol–water partition coefficient (Wildman–Crippen LogP) is 0.251. The number of fused-ring (bicyclic) bond motifs is 3. The monoisotopic (exact) mass is 386 g/mol. The molecule has 3 bridgehead atoms. The molecule has 2 saturated heterocycles. The van der Waals surface area contributed by atoms with E-state index < -0.39 is 57.5 Å². The Labute approximate surface area is 157 Å². The number of carbonyl (C=O) groups excluding carboxylic acids is 2. The van der Waals surface area contributed by atoms with Crippen molar-refractivity contribution in [3.63, 3.8) is 0 Å². The average Bonchev–Trinajstić information content (AvgIpc) is 3.38. The quantitative estimate of drug-likeness (QED) is 0.248. The molecule has 0 amide bonds. The number of ether oxygens (including phenoxy) is 2. The minimum Gasteiger partial charge on any atom is -0.507 e. The molecule has 0 aromatic heterocycles. The number of benzene rings is 1. The van der Waals surface area contributed by atoms with Crippen molar-refractivity contribution >= 4 is 11.6 Å². The standard InChI is InChI=1S/C19H14O9/c1-16-7-17-5-6-18(28-27-17)11(14(25-17)19(23,24)15(16)26-16)12(21)8-3-2-4-9(20)10(8)13(18)22/h2-6,15,20,23-24H,7H2,1H3. The van der Waals surface area contributed by atoms with Crippen molar-refractivity contribution in [3.05, 3.63) is 52.8 Å². The molecular formula is C19H14O9. The largest absolute Gasteiger partial charge is 0.507 e. The molecule has 1 aliphatic carbocycles. The molecule has 4 unspecified atom stereocenters. The summed E-state index contributed by atoms with van der Waals surface area (Å²) >= 11 is 0. The zero-order chi connectivity index (χ0) is 19.7. The minimum absolute atomic E-state index is 0.0392. The third-order valence-electron chi connectivity index (χ3n) is 6.02. The maximum absolute atomic E-state index is 13.3. The number of aromatic hydroxyl groups is 1. The van der Waals surface area contributed by atoms with Crippen LogP contribution in [0.25, 0.3) is 0 Å². The van der Waals surface area contributed by atoms with E-state index in [2.05, 4.69) is 0 Å². The van der Waals surface area contributed by atoms with E-state index in [0.717, 1.165) is 0 Å². The molecule has 1 aromatic carbocycles. The van der Waals surface area contributed by atoms with Gasteiger partial charge in [-0.3, -0.25) is 9.59 Å². The summed E-state index contributed by atoms with van der Waals surface area (Å²) in [7, 11) is 0. The molecule has 3 N–H and O–H groups in total. The number of hydrogen-bond acceptors (Lipinski definition) is 9. The third kappa shape index (κ3) is 1.62. The Balaban J connectivity index is 1.72. The van der Waals surface area contributed by atoms with Gasteiger partial charge in [0.1, 0.15) is 17.5 Å². The first-order chi connectivity index (χ1) is 13.1. The van der Waals surface area contributed by atoms with E-state index in [1.165, 1.54) is 30.4 Å².